The molecule has 1 saturated heterocycles. The highest BCUT2D eigenvalue weighted by molar-refractivity contribution is 5.72. The van der Waals surface area contributed by atoms with E-state index in [9.17, 15) is 9.59 Å². The fraction of sp³-hybridized carbons (Fsp3) is 0.846. The van der Waals surface area contributed by atoms with Crippen molar-refractivity contribution in [3.8, 4) is 0 Å². The summed E-state index contributed by atoms with van der Waals surface area (Å²) < 4.78 is 11.5. The predicted molar refractivity (Wildman–Crippen MR) is 114 cm³/mol. The van der Waals surface area contributed by atoms with Gasteiger partial charge in [0.25, 0.3) is 0 Å². The Morgan fingerprint density at radius 1 is 1.07 bits per heavy atom. The first-order chi connectivity index (χ1) is 14.2. The van der Waals surface area contributed by atoms with Crippen LogP contribution in [0.2, 0.25) is 0 Å². The van der Waals surface area contributed by atoms with Crippen molar-refractivity contribution < 1.29 is 19.1 Å². The number of fused-ring (bicyclic) bond motifs is 5. The van der Waals surface area contributed by atoms with E-state index >= 15 is 0 Å². The Hall–Kier alpha value is -1.32. The van der Waals surface area contributed by atoms with Crippen molar-refractivity contribution in [2.24, 2.45) is 34.5 Å². The molecule has 0 spiro atoms. The highest BCUT2D eigenvalue weighted by Crippen LogP contribution is 2.68. The molecule has 0 bridgehead atoms. The van der Waals surface area contributed by atoms with Crippen molar-refractivity contribution in [1.82, 2.24) is 0 Å². The van der Waals surface area contributed by atoms with Crippen LogP contribution < -0.4 is 0 Å². The van der Waals surface area contributed by atoms with E-state index in [4.69, 9.17) is 9.47 Å². The van der Waals surface area contributed by atoms with Gasteiger partial charge in [-0.3, -0.25) is 9.59 Å². The second-order valence-corrected chi connectivity index (χ2v) is 11.7. The lowest BCUT2D eigenvalue weighted by Gasteiger charge is -2.59. The van der Waals surface area contributed by atoms with Gasteiger partial charge in [0, 0.05) is 25.7 Å². The summed E-state index contributed by atoms with van der Waals surface area (Å²) in [5.74, 6) is 2.57. The van der Waals surface area contributed by atoms with Gasteiger partial charge in [-0.25, -0.2) is 0 Å². The zero-order valence-electron chi connectivity index (χ0n) is 19.2. The third-order valence-electron chi connectivity index (χ3n) is 10.3. The lowest BCUT2D eigenvalue weighted by atomic mass is 9.46. The Morgan fingerprint density at radius 2 is 1.87 bits per heavy atom. The Balaban J connectivity index is 1.39. The van der Waals surface area contributed by atoms with Gasteiger partial charge in [0.05, 0.1) is 0 Å². The summed E-state index contributed by atoms with van der Waals surface area (Å²) in [7, 11) is 0. The Morgan fingerprint density at radius 3 is 2.57 bits per heavy atom. The SMILES string of the molecule is CC(=O)O[C@@H]1CC[C@]2(C)C(=CC[C@H]3[C@H]2CC[C@]2(C)[C@H]([C@@]4(C)CCC(=O)O4)CC[C@@H]32)C1. The zero-order valence-corrected chi connectivity index (χ0v) is 19.2. The van der Waals surface area contributed by atoms with E-state index in [2.05, 4.69) is 26.8 Å². The standard InChI is InChI=1S/C26H38O4/c1-16(27)29-18-9-12-24(2)17(15-18)5-6-19-20-7-8-22(25(20,3)13-10-21(19)24)26(4)14-11-23(28)30-26/h5,18-22H,6-15H2,1-4H3/t18-,19-,20+,21-,22-,24-,25+,26-/m1/s1. The van der Waals surface area contributed by atoms with Crippen molar-refractivity contribution in [3.05, 3.63) is 11.6 Å². The largest absolute Gasteiger partial charge is 0.462 e. The fourth-order valence-corrected chi connectivity index (χ4v) is 8.92. The number of ether oxygens (including phenoxy) is 2. The fourth-order valence-electron chi connectivity index (χ4n) is 8.92. The Bertz CT molecular complexity index is 786. The minimum absolute atomic E-state index is 0.000489. The summed E-state index contributed by atoms with van der Waals surface area (Å²) in [6.45, 7) is 8.75. The molecule has 1 heterocycles. The van der Waals surface area contributed by atoms with Crippen LogP contribution in [0.15, 0.2) is 11.6 Å². The van der Waals surface area contributed by atoms with Crippen LogP contribution in [0.25, 0.3) is 0 Å². The van der Waals surface area contributed by atoms with Gasteiger partial charge in [0.2, 0.25) is 0 Å². The quantitative estimate of drug-likeness (QED) is 0.436. The molecular weight excluding hydrogens is 376 g/mol. The molecule has 30 heavy (non-hydrogen) atoms. The number of esters is 2. The Kier molecular flexibility index (Phi) is 4.69. The van der Waals surface area contributed by atoms with E-state index in [1.54, 1.807) is 5.57 Å². The third-order valence-corrected chi connectivity index (χ3v) is 10.3. The molecular formula is C26H38O4. The molecule has 1 aliphatic heterocycles. The van der Waals surface area contributed by atoms with Crippen LogP contribution in [0.1, 0.15) is 91.9 Å². The van der Waals surface area contributed by atoms with Crippen LogP contribution in [0.3, 0.4) is 0 Å². The van der Waals surface area contributed by atoms with Crippen LogP contribution in [0.4, 0.5) is 0 Å². The maximum atomic E-state index is 11.9. The van der Waals surface area contributed by atoms with Crippen molar-refractivity contribution in [2.45, 2.75) is 104 Å². The van der Waals surface area contributed by atoms with E-state index in [1.165, 1.54) is 39.0 Å². The Labute approximate surface area is 181 Å². The first-order valence-electron chi connectivity index (χ1n) is 12.2. The lowest BCUT2D eigenvalue weighted by Crippen LogP contribution is -2.53. The van der Waals surface area contributed by atoms with E-state index in [0.29, 0.717) is 12.3 Å². The van der Waals surface area contributed by atoms with Crippen LogP contribution in [-0.2, 0) is 19.1 Å². The van der Waals surface area contributed by atoms with E-state index < -0.39 is 0 Å². The maximum absolute atomic E-state index is 11.9. The van der Waals surface area contributed by atoms with Crippen LogP contribution in [0.5, 0.6) is 0 Å². The first kappa shape index (κ1) is 20.6. The highest BCUT2D eigenvalue weighted by atomic mass is 16.6. The van der Waals surface area contributed by atoms with Gasteiger partial charge >= 0.3 is 11.9 Å². The molecule has 0 aromatic rings. The lowest BCUT2D eigenvalue weighted by molar-refractivity contribution is -0.159. The number of carbonyl (C=O) groups is 2. The van der Waals surface area contributed by atoms with Crippen molar-refractivity contribution in [1.29, 1.82) is 0 Å². The summed E-state index contributed by atoms with van der Waals surface area (Å²) >= 11 is 0. The maximum Gasteiger partial charge on any atom is 0.306 e. The minimum Gasteiger partial charge on any atom is -0.462 e. The van der Waals surface area contributed by atoms with E-state index in [1.807, 2.05) is 0 Å². The molecule has 0 aromatic carbocycles. The molecule has 0 N–H and O–H groups in total. The van der Waals surface area contributed by atoms with Crippen LogP contribution in [0, 0.1) is 34.5 Å². The van der Waals surface area contributed by atoms with Gasteiger partial charge in [-0.2, -0.15) is 0 Å². The van der Waals surface area contributed by atoms with Gasteiger partial charge in [-0.15, -0.1) is 0 Å². The number of hydrogen-bond acceptors (Lipinski definition) is 4. The monoisotopic (exact) mass is 414 g/mol. The molecule has 5 aliphatic rings. The van der Waals surface area contributed by atoms with Gasteiger partial charge in [0.1, 0.15) is 11.7 Å². The molecule has 8 atom stereocenters. The third kappa shape index (κ3) is 2.92. The number of cyclic esters (lactones) is 1. The van der Waals surface area contributed by atoms with Gasteiger partial charge in [-0.1, -0.05) is 25.5 Å². The molecule has 4 fully saturated rings. The van der Waals surface area contributed by atoms with E-state index in [-0.39, 0.29) is 34.5 Å². The van der Waals surface area contributed by atoms with Gasteiger partial charge in [-0.05, 0) is 86.9 Å². The summed E-state index contributed by atoms with van der Waals surface area (Å²) in [5.41, 5.74) is 1.85. The van der Waals surface area contributed by atoms with Crippen LogP contribution in [-0.4, -0.2) is 23.6 Å². The smallest absolute Gasteiger partial charge is 0.306 e. The first-order valence-corrected chi connectivity index (χ1v) is 12.2. The molecule has 0 radical (unpaired) electrons. The van der Waals surface area contributed by atoms with Crippen LogP contribution >= 0.6 is 0 Å². The summed E-state index contributed by atoms with van der Waals surface area (Å²) in [5, 5.41) is 0. The average Bonchev–Trinajstić information content (AvgIpc) is 3.21. The van der Waals surface area contributed by atoms with Crippen molar-refractivity contribution >= 4 is 11.9 Å². The second kappa shape index (κ2) is 6.84. The van der Waals surface area contributed by atoms with Crippen molar-refractivity contribution in [3.63, 3.8) is 0 Å². The number of carbonyl (C=O) groups excluding carboxylic acids is 2. The van der Waals surface area contributed by atoms with Gasteiger partial charge < -0.3 is 9.47 Å². The minimum atomic E-state index is -0.255. The predicted octanol–water partition coefficient (Wildman–Crippen LogP) is 5.59. The molecule has 0 unspecified atom stereocenters. The summed E-state index contributed by atoms with van der Waals surface area (Å²) in [6.07, 6.45) is 13.3. The summed E-state index contributed by atoms with van der Waals surface area (Å²) in [4.78, 5) is 23.4. The number of hydrogen-bond donors (Lipinski definition) is 0. The number of allylic oxidation sites excluding steroid dienone is 1. The molecule has 5 rings (SSSR count). The van der Waals surface area contributed by atoms with E-state index in [0.717, 1.165) is 43.4 Å². The topological polar surface area (TPSA) is 52.6 Å². The molecule has 166 valence electrons. The molecule has 3 saturated carbocycles. The normalized spacial score (nSPS) is 50.1. The van der Waals surface area contributed by atoms with Crippen molar-refractivity contribution in [2.75, 3.05) is 0 Å². The molecule has 4 aliphatic carbocycles. The zero-order chi connectivity index (χ0) is 21.3. The second-order valence-electron chi connectivity index (χ2n) is 11.7. The molecule has 0 aromatic heterocycles. The number of rotatable bonds is 2. The molecule has 4 heteroatoms. The highest BCUT2D eigenvalue weighted by Gasteiger charge is 2.63. The summed E-state index contributed by atoms with van der Waals surface area (Å²) in [6, 6.07) is 0. The molecule has 0 amide bonds. The van der Waals surface area contributed by atoms with Gasteiger partial charge in [0.15, 0.2) is 0 Å². The molecule has 4 nitrogen and oxygen atoms in total. The average molecular weight is 415 g/mol.